The Morgan fingerprint density at radius 3 is 2.52 bits per heavy atom. The molecule has 4 nitrogen and oxygen atoms in total. The normalized spacial score (nSPS) is 44.1. The summed E-state index contributed by atoms with van der Waals surface area (Å²) in [5.74, 6) is 0.702. The molecule has 0 unspecified atom stereocenters. The van der Waals surface area contributed by atoms with Crippen molar-refractivity contribution in [1.82, 2.24) is 0 Å². The monoisotopic (exact) mass is 450 g/mol. The van der Waals surface area contributed by atoms with E-state index in [-0.39, 0.29) is 34.9 Å². The van der Waals surface area contributed by atoms with Gasteiger partial charge in [-0.05, 0) is 77.4 Å². The van der Waals surface area contributed by atoms with Gasteiger partial charge >= 0.3 is 0 Å². The van der Waals surface area contributed by atoms with Gasteiger partial charge in [-0.2, -0.15) is 0 Å². The Labute approximate surface area is 191 Å². The van der Waals surface area contributed by atoms with Crippen LogP contribution < -0.4 is 0 Å². The molecule has 1 saturated carbocycles. The van der Waals surface area contributed by atoms with Gasteiger partial charge in [0, 0.05) is 24.9 Å². The first-order chi connectivity index (χ1) is 14.3. The molecule has 31 heavy (non-hydrogen) atoms. The molecule has 0 radical (unpaired) electrons. The minimum absolute atomic E-state index is 0.136. The highest BCUT2D eigenvalue weighted by atomic mass is 28.4. The molecule has 0 N–H and O–H groups in total. The van der Waals surface area contributed by atoms with Crippen LogP contribution in [0.2, 0.25) is 18.1 Å². The van der Waals surface area contributed by atoms with Crippen LogP contribution in [-0.2, 0) is 18.6 Å². The van der Waals surface area contributed by atoms with Crippen LogP contribution in [0, 0.1) is 17.8 Å². The van der Waals surface area contributed by atoms with Crippen molar-refractivity contribution in [3.8, 4) is 0 Å². The Kier molecular flexibility index (Phi) is 6.13. The van der Waals surface area contributed by atoms with Crippen molar-refractivity contribution in [3.63, 3.8) is 0 Å². The van der Waals surface area contributed by atoms with Crippen molar-refractivity contribution in [2.45, 2.75) is 128 Å². The summed E-state index contributed by atoms with van der Waals surface area (Å²) in [7, 11) is -1.91. The van der Waals surface area contributed by atoms with Gasteiger partial charge in [-0.1, -0.05) is 32.4 Å². The zero-order valence-electron chi connectivity index (χ0n) is 21.4. The van der Waals surface area contributed by atoms with E-state index in [9.17, 15) is 0 Å². The highest BCUT2D eigenvalue weighted by Gasteiger charge is 2.69. The van der Waals surface area contributed by atoms with Gasteiger partial charge in [0.25, 0.3) is 0 Å². The van der Waals surface area contributed by atoms with E-state index in [1.165, 1.54) is 5.57 Å². The van der Waals surface area contributed by atoms with Crippen LogP contribution in [0.5, 0.6) is 0 Å². The quantitative estimate of drug-likeness (QED) is 0.364. The molecular formula is C26H46O4Si. The van der Waals surface area contributed by atoms with E-state index in [1.54, 1.807) is 0 Å². The van der Waals surface area contributed by atoms with Crippen LogP contribution in [0.1, 0.15) is 80.6 Å². The van der Waals surface area contributed by atoms with Gasteiger partial charge in [0.15, 0.2) is 14.1 Å². The molecule has 4 heterocycles. The van der Waals surface area contributed by atoms with Crippen molar-refractivity contribution < 1.29 is 18.6 Å². The van der Waals surface area contributed by atoms with Gasteiger partial charge in [-0.3, -0.25) is 0 Å². The average Bonchev–Trinajstić information content (AvgIpc) is 3.02. The van der Waals surface area contributed by atoms with Gasteiger partial charge in [-0.25, -0.2) is 0 Å². The van der Waals surface area contributed by atoms with E-state index in [0.29, 0.717) is 18.4 Å². The molecular weight excluding hydrogens is 404 g/mol. The SMILES string of the molecule is CCO[C@@]12CC[C@@H]([C@H]3[C@H]4O[C@H](C/C(C)=C/CC[C@@H]4O[Si](C)(C)C(C)(C)C)[C@H]31)C(C)(C)O2. The van der Waals surface area contributed by atoms with Crippen LogP contribution in [-0.4, -0.2) is 44.6 Å². The summed E-state index contributed by atoms with van der Waals surface area (Å²) in [5.41, 5.74) is 1.24. The Bertz CT molecular complexity index is 705. The molecule has 4 fully saturated rings. The first-order valence-corrected chi connectivity index (χ1v) is 15.6. The molecule has 4 aliphatic heterocycles. The molecule has 0 aromatic heterocycles. The van der Waals surface area contributed by atoms with Crippen LogP contribution in [0.15, 0.2) is 11.6 Å². The second kappa shape index (κ2) is 7.94. The fraction of sp³-hybridized carbons (Fsp3) is 0.923. The maximum absolute atomic E-state index is 7.12. The average molecular weight is 451 g/mol. The Balaban J connectivity index is 1.75. The molecule has 178 valence electrons. The van der Waals surface area contributed by atoms with E-state index in [0.717, 1.165) is 32.1 Å². The van der Waals surface area contributed by atoms with E-state index >= 15 is 0 Å². The lowest BCUT2D eigenvalue weighted by molar-refractivity contribution is -0.384. The summed E-state index contributed by atoms with van der Waals surface area (Å²) in [5, 5.41) is 0.190. The zero-order valence-corrected chi connectivity index (χ0v) is 22.4. The van der Waals surface area contributed by atoms with Crippen molar-refractivity contribution >= 4 is 8.32 Å². The van der Waals surface area contributed by atoms with Crippen LogP contribution in [0.25, 0.3) is 0 Å². The molecule has 4 bridgehead atoms. The van der Waals surface area contributed by atoms with Gasteiger partial charge in [0.2, 0.25) is 0 Å². The number of hydrogen-bond acceptors (Lipinski definition) is 4. The lowest BCUT2D eigenvalue weighted by atomic mass is 9.57. The Morgan fingerprint density at radius 2 is 1.90 bits per heavy atom. The van der Waals surface area contributed by atoms with Crippen molar-refractivity contribution in [1.29, 1.82) is 0 Å². The van der Waals surface area contributed by atoms with Crippen molar-refractivity contribution in [2.75, 3.05) is 6.61 Å². The van der Waals surface area contributed by atoms with Crippen molar-refractivity contribution in [2.24, 2.45) is 17.8 Å². The summed E-state index contributed by atoms with van der Waals surface area (Å²) in [6, 6.07) is 0. The lowest BCUT2D eigenvalue weighted by Gasteiger charge is -2.61. The van der Waals surface area contributed by atoms with Crippen LogP contribution in [0.4, 0.5) is 0 Å². The number of fused-ring (bicyclic) bond motifs is 4. The number of allylic oxidation sites excluding steroid dienone is 1. The van der Waals surface area contributed by atoms with Gasteiger partial charge in [-0.15, -0.1) is 0 Å². The third-order valence-corrected chi connectivity index (χ3v) is 13.6. The summed E-state index contributed by atoms with van der Waals surface area (Å²) in [4.78, 5) is 0. The summed E-state index contributed by atoms with van der Waals surface area (Å²) >= 11 is 0. The third-order valence-electron chi connectivity index (χ3n) is 9.11. The lowest BCUT2D eigenvalue weighted by Crippen LogP contribution is -2.67. The molecule has 5 heteroatoms. The molecule has 5 rings (SSSR count). The molecule has 7 atom stereocenters. The second-order valence-electron chi connectivity index (χ2n) is 12.6. The van der Waals surface area contributed by atoms with Gasteiger partial charge in [0.1, 0.15) is 0 Å². The zero-order chi connectivity index (χ0) is 22.8. The Hall–Kier alpha value is -0.203. The molecule has 0 spiro atoms. The van der Waals surface area contributed by atoms with Gasteiger partial charge in [0.05, 0.1) is 23.9 Å². The molecule has 3 saturated heterocycles. The van der Waals surface area contributed by atoms with Crippen LogP contribution in [0.3, 0.4) is 0 Å². The first-order valence-electron chi connectivity index (χ1n) is 12.6. The maximum atomic E-state index is 7.12. The standard InChI is InChI=1S/C26H46O4Si/c1-10-27-26-15-14-18(25(6,7)30-26)21-22(26)20-16-17(2)12-11-13-19(23(21)28-20)29-31(8,9)24(3,4)5/h12,18-23H,10-11,13-16H2,1-9H3/b17-12+/t18-,19-,20+,21+,22+,23-,26+/m0/s1. The van der Waals surface area contributed by atoms with E-state index in [4.69, 9.17) is 18.6 Å². The highest BCUT2D eigenvalue weighted by Crippen LogP contribution is 2.63. The molecule has 0 aromatic carbocycles. The summed E-state index contributed by atoms with van der Waals surface area (Å²) in [6.07, 6.45) is 8.10. The number of rotatable bonds is 4. The second-order valence-corrected chi connectivity index (χ2v) is 17.3. The molecule has 0 aromatic rings. The van der Waals surface area contributed by atoms with E-state index < -0.39 is 14.1 Å². The highest BCUT2D eigenvalue weighted by molar-refractivity contribution is 6.74. The summed E-state index contributed by atoms with van der Waals surface area (Å²) in [6.45, 7) is 21.4. The fourth-order valence-corrected chi connectivity index (χ4v) is 8.11. The fourth-order valence-electron chi connectivity index (χ4n) is 6.74. The third kappa shape index (κ3) is 4.01. The Morgan fingerprint density at radius 1 is 1.19 bits per heavy atom. The largest absolute Gasteiger partial charge is 0.411 e. The predicted molar refractivity (Wildman–Crippen MR) is 128 cm³/mol. The first kappa shape index (κ1) is 23.9. The number of hydrogen-bond donors (Lipinski definition) is 0. The minimum atomic E-state index is -1.91. The minimum Gasteiger partial charge on any atom is -0.411 e. The maximum Gasteiger partial charge on any atom is 0.192 e. The van der Waals surface area contributed by atoms with E-state index in [1.807, 2.05) is 0 Å². The topological polar surface area (TPSA) is 36.9 Å². The van der Waals surface area contributed by atoms with E-state index in [2.05, 4.69) is 67.6 Å². The van der Waals surface area contributed by atoms with Gasteiger partial charge < -0.3 is 18.6 Å². The van der Waals surface area contributed by atoms with Crippen molar-refractivity contribution in [3.05, 3.63) is 11.6 Å². The molecule has 5 aliphatic rings. The molecule has 1 aliphatic carbocycles. The smallest absolute Gasteiger partial charge is 0.192 e. The van der Waals surface area contributed by atoms with Crippen LogP contribution >= 0.6 is 0 Å². The predicted octanol–water partition coefficient (Wildman–Crippen LogP) is 6.46. The summed E-state index contributed by atoms with van der Waals surface area (Å²) < 4.78 is 27.4. The number of ether oxygens (including phenoxy) is 3. The molecule has 0 amide bonds.